The van der Waals surface area contributed by atoms with E-state index in [0.717, 1.165) is 49.3 Å². The Morgan fingerprint density at radius 1 is 1.13 bits per heavy atom. The van der Waals surface area contributed by atoms with Crippen LogP contribution in [0.2, 0.25) is 0 Å². The van der Waals surface area contributed by atoms with Crippen molar-refractivity contribution in [1.82, 2.24) is 29.4 Å². The Bertz CT molecular complexity index is 1140. The topological polar surface area (TPSA) is 93.0 Å². The number of hydrogen-bond acceptors (Lipinski definition) is 6. The summed E-state index contributed by atoms with van der Waals surface area (Å²) >= 11 is 0. The summed E-state index contributed by atoms with van der Waals surface area (Å²) in [5, 5.41) is 9.87. The van der Waals surface area contributed by atoms with Gasteiger partial charge in [0.2, 0.25) is 10.0 Å². The highest BCUT2D eigenvalue weighted by atomic mass is 32.2. The summed E-state index contributed by atoms with van der Waals surface area (Å²) in [6, 6.07) is 10.1. The molecule has 2 aromatic heterocycles. The van der Waals surface area contributed by atoms with Gasteiger partial charge in [-0.2, -0.15) is 0 Å². The fourth-order valence-electron chi connectivity index (χ4n) is 3.96. The molecule has 0 radical (unpaired) electrons. The van der Waals surface area contributed by atoms with Crippen molar-refractivity contribution in [1.29, 1.82) is 0 Å². The Hall–Kier alpha value is -2.36. The van der Waals surface area contributed by atoms with Gasteiger partial charge in [-0.25, -0.2) is 13.1 Å². The summed E-state index contributed by atoms with van der Waals surface area (Å²) in [7, 11) is -3.35. The molecule has 0 saturated carbocycles. The standard InChI is InChI=1S/C21H28N6O2S/c1-15(2)20(25-30(3,28)29)21-24-23-19-8-10-26(11-12-27(19)21)14-16-6-7-17-5-4-9-22-18(17)13-16/h4-7,9,13,15,20,25H,8,10-12,14H2,1-3H3. The van der Waals surface area contributed by atoms with Crippen molar-refractivity contribution >= 4 is 20.9 Å². The van der Waals surface area contributed by atoms with Crippen LogP contribution in [0.25, 0.3) is 10.9 Å². The van der Waals surface area contributed by atoms with Crippen LogP contribution in [0.15, 0.2) is 36.5 Å². The van der Waals surface area contributed by atoms with Gasteiger partial charge in [0.25, 0.3) is 0 Å². The Morgan fingerprint density at radius 2 is 1.97 bits per heavy atom. The molecule has 1 aliphatic rings. The lowest BCUT2D eigenvalue weighted by Crippen LogP contribution is -2.33. The molecule has 1 unspecified atom stereocenters. The summed E-state index contributed by atoms with van der Waals surface area (Å²) < 4.78 is 28.5. The smallest absolute Gasteiger partial charge is 0.209 e. The van der Waals surface area contributed by atoms with Crippen LogP contribution in [-0.2, 0) is 29.5 Å². The number of benzene rings is 1. The zero-order valence-corrected chi connectivity index (χ0v) is 18.4. The second-order valence-corrected chi connectivity index (χ2v) is 10.1. The van der Waals surface area contributed by atoms with Gasteiger partial charge in [-0.05, 0) is 23.6 Å². The van der Waals surface area contributed by atoms with Crippen LogP contribution in [-0.4, -0.2) is 52.4 Å². The van der Waals surface area contributed by atoms with Crippen molar-refractivity contribution in [3.05, 3.63) is 53.7 Å². The first kappa shape index (κ1) is 20.9. The summed E-state index contributed by atoms with van der Waals surface area (Å²) in [5.74, 6) is 1.67. The van der Waals surface area contributed by atoms with Gasteiger partial charge >= 0.3 is 0 Å². The first-order valence-corrected chi connectivity index (χ1v) is 12.1. The van der Waals surface area contributed by atoms with Gasteiger partial charge in [-0.3, -0.25) is 9.88 Å². The monoisotopic (exact) mass is 428 g/mol. The third kappa shape index (κ3) is 4.69. The highest BCUT2D eigenvalue weighted by molar-refractivity contribution is 7.88. The fraction of sp³-hybridized carbons (Fsp3) is 0.476. The van der Waals surface area contributed by atoms with Gasteiger partial charge in [0.05, 0.1) is 17.8 Å². The lowest BCUT2D eigenvalue weighted by Gasteiger charge is -2.22. The van der Waals surface area contributed by atoms with Crippen LogP contribution in [0, 0.1) is 5.92 Å². The van der Waals surface area contributed by atoms with Gasteiger partial charge in [0, 0.05) is 44.2 Å². The number of pyridine rings is 1. The fourth-order valence-corrected chi connectivity index (χ4v) is 4.80. The summed E-state index contributed by atoms with van der Waals surface area (Å²) in [6.07, 6.45) is 3.78. The quantitative estimate of drug-likeness (QED) is 0.647. The van der Waals surface area contributed by atoms with Crippen LogP contribution in [0.1, 0.15) is 37.1 Å². The van der Waals surface area contributed by atoms with Gasteiger partial charge in [-0.1, -0.05) is 32.0 Å². The molecule has 1 aromatic carbocycles. The highest BCUT2D eigenvalue weighted by Gasteiger charge is 2.28. The van der Waals surface area contributed by atoms with E-state index in [4.69, 9.17) is 0 Å². The van der Waals surface area contributed by atoms with E-state index in [-0.39, 0.29) is 12.0 Å². The predicted molar refractivity (Wildman–Crippen MR) is 116 cm³/mol. The van der Waals surface area contributed by atoms with Crippen molar-refractivity contribution in [2.45, 2.75) is 39.4 Å². The predicted octanol–water partition coefficient (Wildman–Crippen LogP) is 2.13. The van der Waals surface area contributed by atoms with E-state index < -0.39 is 10.0 Å². The van der Waals surface area contributed by atoms with E-state index in [2.05, 4.69) is 53.6 Å². The van der Waals surface area contributed by atoms with E-state index in [9.17, 15) is 8.42 Å². The lowest BCUT2D eigenvalue weighted by molar-refractivity contribution is 0.269. The molecule has 4 rings (SSSR count). The molecule has 0 saturated heterocycles. The molecule has 0 fully saturated rings. The Balaban J connectivity index is 1.50. The SMILES string of the molecule is CC(C)C(NS(C)(=O)=O)c1nnc2n1CCN(Cc1ccc3cccnc3c1)CC2. The van der Waals surface area contributed by atoms with E-state index in [0.29, 0.717) is 5.82 Å². The van der Waals surface area contributed by atoms with Crippen molar-refractivity contribution in [3.8, 4) is 0 Å². The van der Waals surface area contributed by atoms with Gasteiger partial charge in [-0.15, -0.1) is 10.2 Å². The number of aromatic nitrogens is 4. The van der Waals surface area contributed by atoms with Gasteiger partial charge < -0.3 is 4.57 Å². The molecule has 0 bridgehead atoms. The number of fused-ring (bicyclic) bond motifs is 2. The molecule has 30 heavy (non-hydrogen) atoms. The maximum atomic E-state index is 11.8. The molecule has 1 aliphatic heterocycles. The van der Waals surface area contributed by atoms with Crippen LogP contribution >= 0.6 is 0 Å². The van der Waals surface area contributed by atoms with E-state index >= 15 is 0 Å². The minimum absolute atomic E-state index is 0.0671. The first-order chi connectivity index (χ1) is 14.3. The minimum Gasteiger partial charge on any atom is -0.312 e. The third-order valence-electron chi connectivity index (χ3n) is 5.51. The molecule has 1 N–H and O–H groups in total. The maximum absolute atomic E-state index is 11.8. The zero-order chi connectivity index (χ0) is 21.3. The van der Waals surface area contributed by atoms with Crippen LogP contribution < -0.4 is 4.72 Å². The maximum Gasteiger partial charge on any atom is 0.209 e. The number of sulfonamides is 1. The van der Waals surface area contributed by atoms with Crippen molar-refractivity contribution < 1.29 is 8.42 Å². The average Bonchev–Trinajstić information content (AvgIpc) is 2.99. The van der Waals surface area contributed by atoms with Crippen molar-refractivity contribution in [2.24, 2.45) is 5.92 Å². The first-order valence-electron chi connectivity index (χ1n) is 10.3. The van der Waals surface area contributed by atoms with Gasteiger partial charge in [0.15, 0.2) is 5.82 Å². The molecule has 3 heterocycles. The molecule has 8 nitrogen and oxygen atoms in total. The average molecular weight is 429 g/mol. The Labute approximate surface area is 177 Å². The molecule has 0 amide bonds. The third-order valence-corrected chi connectivity index (χ3v) is 6.19. The summed E-state index contributed by atoms with van der Waals surface area (Å²) in [4.78, 5) is 6.86. The highest BCUT2D eigenvalue weighted by Crippen LogP contribution is 2.23. The van der Waals surface area contributed by atoms with E-state index in [1.54, 1.807) is 0 Å². The van der Waals surface area contributed by atoms with Crippen LogP contribution in [0.4, 0.5) is 0 Å². The second-order valence-electron chi connectivity index (χ2n) is 8.29. The number of hydrogen-bond donors (Lipinski definition) is 1. The second kappa shape index (κ2) is 8.41. The molecular formula is C21H28N6O2S. The van der Waals surface area contributed by atoms with E-state index in [1.807, 2.05) is 26.1 Å². The number of nitrogens with one attached hydrogen (secondary N) is 1. The molecule has 3 aromatic rings. The van der Waals surface area contributed by atoms with Crippen molar-refractivity contribution in [3.63, 3.8) is 0 Å². The zero-order valence-electron chi connectivity index (χ0n) is 17.6. The minimum atomic E-state index is -3.35. The molecular weight excluding hydrogens is 400 g/mol. The Kier molecular flexibility index (Phi) is 5.86. The summed E-state index contributed by atoms with van der Waals surface area (Å²) in [5.41, 5.74) is 2.24. The lowest BCUT2D eigenvalue weighted by atomic mass is 10.1. The summed E-state index contributed by atoms with van der Waals surface area (Å²) in [6.45, 7) is 7.28. The van der Waals surface area contributed by atoms with Crippen molar-refractivity contribution in [2.75, 3.05) is 19.3 Å². The van der Waals surface area contributed by atoms with Crippen LogP contribution in [0.5, 0.6) is 0 Å². The largest absolute Gasteiger partial charge is 0.312 e. The molecule has 1 atom stereocenters. The van der Waals surface area contributed by atoms with Gasteiger partial charge in [0.1, 0.15) is 5.82 Å². The van der Waals surface area contributed by atoms with Crippen LogP contribution in [0.3, 0.4) is 0 Å². The Morgan fingerprint density at radius 3 is 2.73 bits per heavy atom. The number of rotatable bonds is 6. The molecule has 0 aliphatic carbocycles. The number of nitrogens with zero attached hydrogens (tertiary/aromatic N) is 5. The molecule has 9 heteroatoms. The normalized spacial score (nSPS) is 16.5. The molecule has 160 valence electrons. The molecule has 0 spiro atoms. The van der Waals surface area contributed by atoms with E-state index in [1.165, 1.54) is 11.8 Å².